The summed E-state index contributed by atoms with van der Waals surface area (Å²) in [5.41, 5.74) is 0.996. The summed E-state index contributed by atoms with van der Waals surface area (Å²) in [6, 6.07) is 9.76. The predicted molar refractivity (Wildman–Crippen MR) is 70.4 cm³/mol. The molecule has 90 valence electrons. The normalized spacial score (nSPS) is 19.3. The molecular weight excluding hydrogens is 236 g/mol. The fraction of sp³-hybridized carbons (Fsp3) is 0.333. The largest absolute Gasteiger partial charge is 0.396 e. The molecule has 1 heterocycles. The van der Waals surface area contributed by atoms with Crippen LogP contribution in [0, 0.1) is 0 Å². The number of aliphatic hydroxyl groups is 1. The lowest BCUT2D eigenvalue weighted by Crippen LogP contribution is -2.22. The number of amidine groups is 1. The zero-order valence-corrected chi connectivity index (χ0v) is 10.4. The van der Waals surface area contributed by atoms with Gasteiger partial charge in [0.05, 0.1) is 5.25 Å². The number of anilines is 1. The summed E-state index contributed by atoms with van der Waals surface area (Å²) in [7, 11) is 1.88. The molecule has 1 aliphatic rings. The lowest BCUT2D eigenvalue weighted by Gasteiger charge is -2.18. The van der Waals surface area contributed by atoms with E-state index in [0.29, 0.717) is 11.6 Å². The second-order valence-corrected chi connectivity index (χ2v) is 4.92. The molecule has 1 amide bonds. The Morgan fingerprint density at radius 2 is 2.12 bits per heavy atom. The maximum atomic E-state index is 11.6. The number of aliphatic imine (C=N–C) groups is 1. The highest BCUT2D eigenvalue weighted by molar-refractivity contribution is 8.15. The third kappa shape index (κ3) is 2.68. The molecule has 1 atom stereocenters. The highest BCUT2D eigenvalue weighted by Crippen LogP contribution is 2.28. The van der Waals surface area contributed by atoms with E-state index in [-0.39, 0.29) is 17.8 Å². The lowest BCUT2D eigenvalue weighted by atomic mass is 10.3. The number of hydrogen-bond acceptors (Lipinski definition) is 4. The average molecular weight is 250 g/mol. The van der Waals surface area contributed by atoms with E-state index < -0.39 is 0 Å². The van der Waals surface area contributed by atoms with Gasteiger partial charge < -0.3 is 10.0 Å². The SMILES string of the molecule is CN(C1=NC(=O)C(CCO)S1)c1ccccc1. The van der Waals surface area contributed by atoms with Crippen molar-refractivity contribution >= 4 is 28.5 Å². The van der Waals surface area contributed by atoms with Crippen molar-refractivity contribution in [3.63, 3.8) is 0 Å². The van der Waals surface area contributed by atoms with Gasteiger partial charge in [0.15, 0.2) is 5.17 Å². The Morgan fingerprint density at radius 3 is 2.76 bits per heavy atom. The second kappa shape index (κ2) is 5.33. The molecule has 1 unspecified atom stereocenters. The quantitative estimate of drug-likeness (QED) is 0.883. The minimum Gasteiger partial charge on any atom is -0.396 e. The topological polar surface area (TPSA) is 52.9 Å². The van der Waals surface area contributed by atoms with Crippen molar-refractivity contribution in [3.05, 3.63) is 30.3 Å². The van der Waals surface area contributed by atoms with Crippen molar-refractivity contribution in [2.45, 2.75) is 11.7 Å². The summed E-state index contributed by atoms with van der Waals surface area (Å²) in [5.74, 6) is -0.151. The Labute approximate surface area is 104 Å². The van der Waals surface area contributed by atoms with Crippen LogP contribution < -0.4 is 4.90 Å². The molecular formula is C12H14N2O2S. The molecule has 0 aliphatic carbocycles. The molecule has 17 heavy (non-hydrogen) atoms. The van der Waals surface area contributed by atoms with E-state index in [9.17, 15) is 4.79 Å². The van der Waals surface area contributed by atoms with Gasteiger partial charge >= 0.3 is 0 Å². The average Bonchev–Trinajstić information content (AvgIpc) is 2.72. The Hall–Kier alpha value is -1.33. The smallest absolute Gasteiger partial charge is 0.261 e. The standard InChI is InChI=1S/C12H14N2O2S/c1-14(9-5-3-2-4-6-9)12-13-11(16)10(17-12)7-8-15/h2-6,10,15H,7-8H2,1H3. The summed E-state index contributed by atoms with van der Waals surface area (Å²) in [6.45, 7) is 0.0151. The molecule has 0 radical (unpaired) electrons. The summed E-state index contributed by atoms with van der Waals surface area (Å²) in [6.07, 6.45) is 0.457. The number of aliphatic hydroxyl groups excluding tert-OH is 1. The molecule has 0 saturated carbocycles. The zero-order chi connectivity index (χ0) is 12.3. The van der Waals surface area contributed by atoms with E-state index in [4.69, 9.17) is 5.11 Å². The second-order valence-electron chi connectivity index (χ2n) is 3.75. The molecule has 1 aromatic rings. The zero-order valence-electron chi connectivity index (χ0n) is 9.54. The molecule has 4 nitrogen and oxygen atoms in total. The Balaban J connectivity index is 2.10. The number of nitrogens with zero attached hydrogens (tertiary/aromatic N) is 2. The van der Waals surface area contributed by atoms with E-state index in [1.165, 1.54) is 11.8 Å². The highest BCUT2D eigenvalue weighted by Gasteiger charge is 2.29. The third-order valence-corrected chi connectivity index (χ3v) is 3.85. The van der Waals surface area contributed by atoms with E-state index in [0.717, 1.165) is 5.69 Å². The van der Waals surface area contributed by atoms with Crippen molar-refractivity contribution in [1.29, 1.82) is 0 Å². The van der Waals surface area contributed by atoms with Gasteiger partial charge in [-0.2, -0.15) is 4.99 Å². The molecule has 1 aliphatic heterocycles. The molecule has 2 rings (SSSR count). The van der Waals surface area contributed by atoms with Gasteiger partial charge in [-0.1, -0.05) is 30.0 Å². The Bertz CT molecular complexity index is 433. The van der Waals surface area contributed by atoms with Crippen LogP contribution in [0.2, 0.25) is 0 Å². The molecule has 0 spiro atoms. The minimum absolute atomic E-state index is 0.0151. The number of carbonyl (C=O) groups excluding carboxylic acids is 1. The summed E-state index contributed by atoms with van der Waals surface area (Å²) < 4.78 is 0. The molecule has 0 saturated heterocycles. The van der Waals surface area contributed by atoms with Crippen LogP contribution in [0.5, 0.6) is 0 Å². The number of thioether (sulfide) groups is 1. The maximum absolute atomic E-state index is 11.6. The van der Waals surface area contributed by atoms with Crippen LogP contribution >= 0.6 is 11.8 Å². The number of amides is 1. The van der Waals surface area contributed by atoms with Crippen LogP contribution in [-0.2, 0) is 4.79 Å². The van der Waals surface area contributed by atoms with Crippen molar-refractivity contribution in [2.75, 3.05) is 18.6 Å². The molecule has 1 aromatic carbocycles. The minimum atomic E-state index is -0.235. The third-order valence-electron chi connectivity index (χ3n) is 2.55. The van der Waals surface area contributed by atoms with E-state index in [2.05, 4.69) is 4.99 Å². The van der Waals surface area contributed by atoms with E-state index in [1.54, 1.807) is 0 Å². The molecule has 5 heteroatoms. The Morgan fingerprint density at radius 1 is 1.41 bits per heavy atom. The van der Waals surface area contributed by atoms with Crippen LogP contribution in [0.3, 0.4) is 0 Å². The summed E-state index contributed by atoms with van der Waals surface area (Å²) in [5, 5.41) is 9.32. The van der Waals surface area contributed by atoms with Gasteiger partial charge in [0.1, 0.15) is 0 Å². The molecule has 0 bridgehead atoms. The number of hydrogen-bond donors (Lipinski definition) is 1. The first-order chi connectivity index (χ1) is 8.22. The first-order valence-electron chi connectivity index (χ1n) is 5.41. The number of rotatable bonds is 3. The van der Waals surface area contributed by atoms with Gasteiger partial charge in [-0.25, -0.2) is 0 Å². The number of benzene rings is 1. The first-order valence-corrected chi connectivity index (χ1v) is 6.29. The highest BCUT2D eigenvalue weighted by atomic mass is 32.2. The molecule has 0 fully saturated rings. The van der Waals surface area contributed by atoms with Gasteiger partial charge in [-0.3, -0.25) is 4.79 Å². The molecule has 0 aromatic heterocycles. The summed E-state index contributed by atoms with van der Waals surface area (Å²) in [4.78, 5) is 17.5. The van der Waals surface area contributed by atoms with Gasteiger partial charge in [0.25, 0.3) is 5.91 Å². The van der Waals surface area contributed by atoms with Gasteiger partial charge in [-0.15, -0.1) is 0 Å². The Kier molecular flexibility index (Phi) is 3.81. The van der Waals surface area contributed by atoms with Gasteiger partial charge in [-0.05, 0) is 18.6 Å². The van der Waals surface area contributed by atoms with Gasteiger partial charge in [0, 0.05) is 19.3 Å². The maximum Gasteiger partial charge on any atom is 0.261 e. The fourth-order valence-corrected chi connectivity index (χ4v) is 2.62. The van der Waals surface area contributed by atoms with Crippen LogP contribution in [0.4, 0.5) is 5.69 Å². The van der Waals surface area contributed by atoms with E-state index in [1.807, 2.05) is 42.3 Å². The number of para-hydroxylation sites is 1. The van der Waals surface area contributed by atoms with Crippen LogP contribution in [0.25, 0.3) is 0 Å². The monoisotopic (exact) mass is 250 g/mol. The van der Waals surface area contributed by atoms with Crippen molar-refractivity contribution < 1.29 is 9.90 Å². The van der Waals surface area contributed by atoms with Crippen molar-refractivity contribution in [2.24, 2.45) is 4.99 Å². The lowest BCUT2D eigenvalue weighted by molar-refractivity contribution is -0.117. The fourth-order valence-electron chi connectivity index (χ4n) is 1.59. The van der Waals surface area contributed by atoms with Crippen molar-refractivity contribution in [3.8, 4) is 0 Å². The first kappa shape index (κ1) is 12.1. The van der Waals surface area contributed by atoms with Crippen LogP contribution in [0.1, 0.15) is 6.42 Å². The van der Waals surface area contributed by atoms with Crippen LogP contribution in [0.15, 0.2) is 35.3 Å². The van der Waals surface area contributed by atoms with Gasteiger partial charge in [0.2, 0.25) is 0 Å². The number of carbonyl (C=O) groups is 1. The van der Waals surface area contributed by atoms with Crippen molar-refractivity contribution in [1.82, 2.24) is 0 Å². The summed E-state index contributed by atoms with van der Waals surface area (Å²) >= 11 is 1.41. The van der Waals surface area contributed by atoms with Crippen LogP contribution in [-0.4, -0.2) is 35.1 Å². The predicted octanol–water partition coefficient (Wildman–Crippen LogP) is 1.50. The molecule has 1 N–H and O–H groups in total. The van der Waals surface area contributed by atoms with E-state index >= 15 is 0 Å².